The molecule has 0 unspecified atom stereocenters. The van der Waals surface area contributed by atoms with E-state index < -0.39 is 6.09 Å². The molecule has 0 aliphatic rings. The molecule has 0 bridgehead atoms. The van der Waals surface area contributed by atoms with Crippen molar-refractivity contribution in [1.82, 2.24) is 15.1 Å². The maximum atomic E-state index is 11.8. The van der Waals surface area contributed by atoms with Crippen LogP contribution < -0.4 is 10.1 Å². The first kappa shape index (κ1) is 13.1. The minimum Gasteiger partial charge on any atom is -0.410 e. The summed E-state index contributed by atoms with van der Waals surface area (Å²) in [7, 11) is 1.85. The molecule has 0 saturated carbocycles. The molecule has 1 amide bonds. The Morgan fingerprint density at radius 2 is 2.11 bits per heavy atom. The Labute approximate surface area is 112 Å². The minimum atomic E-state index is -0.469. The molecule has 1 atom stereocenters. The lowest BCUT2D eigenvalue weighted by molar-refractivity contribution is 0.195. The van der Waals surface area contributed by atoms with Crippen LogP contribution in [0.3, 0.4) is 0 Å². The van der Waals surface area contributed by atoms with Crippen LogP contribution in [0.1, 0.15) is 25.1 Å². The first-order valence-corrected chi connectivity index (χ1v) is 6.22. The van der Waals surface area contributed by atoms with Gasteiger partial charge in [0.1, 0.15) is 5.75 Å². The molecule has 1 aromatic carbocycles. The molecular formula is C14H17N3O2. The van der Waals surface area contributed by atoms with Gasteiger partial charge in [0, 0.05) is 13.2 Å². The normalized spacial score (nSPS) is 11.9. The summed E-state index contributed by atoms with van der Waals surface area (Å²) in [6.07, 6.45) is 2.13. The Balaban J connectivity index is 1.97. The Morgan fingerprint density at radius 1 is 1.37 bits per heavy atom. The maximum Gasteiger partial charge on any atom is 0.413 e. The average molecular weight is 259 g/mol. The summed E-state index contributed by atoms with van der Waals surface area (Å²) >= 11 is 0. The van der Waals surface area contributed by atoms with Crippen molar-refractivity contribution in [1.29, 1.82) is 0 Å². The fraction of sp³-hybridized carbons (Fsp3) is 0.286. The zero-order chi connectivity index (χ0) is 13.7. The van der Waals surface area contributed by atoms with Gasteiger partial charge in [-0.05, 0) is 24.6 Å². The first-order valence-electron chi connectivity index (χ1n) is 6.22. The zero-order valence-electron chi connectivity index (χ0n) is 11.0. The molecule has 0 spiro atoms. The highest BCUT2D eigenvalue weighted by atomic mass is 16.6. The zero-order valence-corrected chi connectivity index (χ0v) is 11.0. The molecule has 19 heavy (non-hydrogen) atoms. The molecule has 1 N–H and O–H groups in total. The van der Waals surface area contributed by atoms with E-state index in [2.05, 4.69) is 10.4 Å². The third-order valence-electron chi connectivity index (χ3n) is 2.75. The van der Waals surface area contributed by atoms with Crippen LogP contribution in [0.5, 0.6) is 5.75 Å². The number of aromatic nitrogens is 2. The van der Waals surface area contributed by atoms with Crippen molar-refractivity contribution in [3.63, 3.8) is 0 Å². The smallest absolute Gasteiger partial charge is 0.410 e. The number of aryl methyl sites for hydroxylation is 1. The first-order chi connectivity index (χ1) is 9.19. The highest BCUT2D eigenvalue weighted by molar-refractivity contribution is 5.70. The Morgan fingerprint density at radius 3 is 2.68 bits per heavy atom. The van der Waals surface area contributed by atoms with Crippen LogP contribution in [-0.2, 0) is 7.05 Å². The highest BCUT2D eigenvalue weighted by Gasteiger charge is 2.16. The molecule has 0 fully saturated rings. The number of hydrogen-bond donors (Lipinski definition) is 1. The Bertz CT molecular complexity index is 537. The number of amides is 1. The lowest BCUT2D eigenvalue weighted by Crippen LogP contribution is -2.31. The molecule has 2 rings (SSSR count). The second-order valence-corrected chi connectivity index (χ2v) is 4.22. The SMILES string of the molecule is CC[C@@H](NC(=O)Oc1ccccc1)c1ccn(C)n1. The van der Waals surface area contributed by atoms with E-state index in [1.807, 2.05) is 44.4 Å². The number of para-hydroxylation sites is 1. The summed E-state index contributed by atoms with van der Waals surface area (Å²) < 4.78 is 6.90. The van der Waals surface area contributed by atoms with Gasteiger partial charge in [-0.15, -0.1) is 0 Å². The van der Waals surface area contributed by atoms with Crippen LogP contribution >= 0.6 is 0 Å². The van der Waals surface area contributed by atoms with Crippen LogP contribution in [0.25, 0.3) is 0 Å². The van der Waals surface area contributed by atoms with Crippen LogP contribution in [0.15, 0.2) is 42.6 Å². The van der Waals surface area contributed by atoms with Crippen molar-refractivity contribution in [2.24, 2.45) is 7.05 Å². The number of carbonyl (C=O) groups is 1. The molecule has 2 aromatic rings. The van der Waals surface area contributed by atoms with Crippen molar-refractivity contribution in [3.05, 3.63) is 48.3 Å². The summed E-state index contributed by atoms with van der Waals surface area (Å²) in [4.78, 5) is 11.8. The number of carbonyl (C=O) groups excluding carboxylic acids is 1. The number of rotatable bonds is 4. The van der Waals surface area contributed by atoms with E-state index in [-0.39, 0.29) is 6.04 Å². The lowest BCUT2D eigenvalue weighted by Gasteiger charge is -2.14. The second kappa shape index (κ2) is 6.04. The van der Waals surface area contributed by atoms with Crippen molar-refractivity contribution in [2.75, 3.05) is 0 Å². The van der Waals surface area contributed by atoms with E-state index in [1.165, 1.54) is 0 Å². The van der Waals surface area contributed by atoms with E-state index in [0.29, 0.717) is 5.75 Å². The molecule has 1 heterocycles. The molecule has 0 radical (unpaired) electrons. The standard InChI is InChI=1S/C14H17N3O2/c1-3-12(13-9-10-17(2)16-13)15-14(18)19-11-7-5-4-6-8-11/h4-10,12H,3H2,1-2H3,(H,15,18)/t12-/m1/s1. The van der Waals surface area contributed by atoms with Gasteiger partial charge in [0.15, 0.2) is 0 Å². The number of benzene rings is 1. The third-order valence-corrected chi connectivity index (χ3v) is 2.75. The predicted octanol–water partition coefficient (Wildman–Crippen LogP) is 2.66. The van der Waals surface area contributed by atoms with E-state index in [4.69, 9.17) is 4.74 Å². The molecular weight excluding hydrogens is 242 g/mol. The van der Waals surface area contributed by atoms with Gasteiger partial charge < -0.3 is 10.1 Å². The fourth-order valence-corrected chi connectivity index (χ4v) is 1.77. The second-order valence-electron chi connectivity index (χ2n) is 4.22. The molecule has 5 nitrogen and oxygen atoms in total. The van der Waals surface area contributed by atoms with Crippen molar-refractivity contribution < 1.29 is 9.53 Å². The molecule has 5 heteroatoms. The van der Waals surface area contributed by atoms with Gasteiger partial charge in [-0.2, -0.15) is 5.10 Å². The number of nitrogens with one attached hydrogen (secondary N) is 1. The maximum absolute atomic E-state index is 11.8. The number of ether oxygens (including phenoxy) is 1. The van der Waals surface area contributed by atoms with Gasteiger partial charge in [-0.1, -0.05) is 25.1 Å². The average Bonchev–Trinajstić information content (AvgIpc) is 2.83. The monoisotopic (exact) mass is 259 g/mol. The quantitative estimate of drug-likeness (QED) is 0.918. The summed E-state index contributed by atoms with van der Waals surface area (Å²) in [6.45, 7) is 1.99. The summed E-state index contributed by atoms with van der Waals surface area (Å²) in [6, 6.07) is 10.7. The van der Waals surface area contributed by atoms with Gasteiger partial charge in [-0.3, -0.25) is 4.68 Å². The minimum absolute atomic E-state index is 0.141. The highest BCUT2D eigenvalue weighted by Crippen LogP contribution is 2.15. The molecule has 0 aliphatic heterocycles. The van der Waals surface area contributed by atoms with Crippen LogP contribution in [0.4, 0.5) is 4.79 Å². The van der Waals surface area contributed by atoms with Crippen LogP contribution in [0, 0.1) is 0 Å². The predicted molar refractivity (Wildman–Crippen MR) is 71.8 cm³/mol. The van der Waals surface area contributed by atoms with Gasteiger partial charge in [-0.25, -0.2) is 4.79 Å². The molecule has 0 aliphatic carbocycles. The summed E-state index contributed by atoms with van der Waals surface area (Å²) in [5.41, 5.74) is 0.829. The van der Waals surface area contributed by atoms with E-state index in [0.717, 1.165) is 12.1 Å². The number of hydrogen-bond acceptors (Lipinski definition) is 3. The molecule has 1 aromatic heterocycles. The topological polar surface area (TPSA) is 56.1 Å². The van der Waals surface area contributed by atoms with Crippen LogP contribution in [-0.4, -0.2) is 15.9 Å². The number of nitrogens with zero attached hydrogens (tertiary/aromatic N) is 2. The molecule has 0 saturated heterocycles. The lowest BCUT2D eigenvalue weighted by atomic mass is 10.1. The summed E-state index contributed by atoms with van der Waals surface area (Å²) in [5, 5.41) is 7.10. The summed E-state index contributed by atoms with van der Waals surface area (Å²) in [5.74, 6) is 0.524. The Kier molecular flexibility index (Phi) is 4.18. The van der Waals surface area contributed by atoms with E-state index >= 15 is 0 Å². The fourth-order valence-electron chi connectivity index (χ4n) is 1.77. The van der Waals surface area contributed by atoms with Crippen molar-refractivity contribution in [3.8, 4) is 5.75 Å². The van der Waals surface area contributed by atoms with Gasteiger partial charge in [0.25, 0.3) is 0 Å². The Hall–Kier alpha value is -2.30. The van der Waals surface area contributed by atoms with Gasteiger partial charge >= 0.3 is 6.09 Å². The third kappa shape index (κ3) is 3.58. The molecule has 100 valence electrons. The van der Waals surface area contributed by atoms with Crippen LogP contribution in [0.2, 0.25) is 0 Å². The van der Waals surface area contributed by atoms with E-state index in [1.54, 1.807) is 16.8 Å². The van der Waals surface area contributed by atoms with Crippen molar-refractivity contribution >= 4 is 6.09 Å². The van der Waals surface area contributed by atoms with Gasteiger partial charge in [0.05, 0.1) is 11.7 Å². The van der Waals surface area contributed by atoms with Crippen molar-refractivity contribution in [2.45, 2.75) is 19.4 Å². The van der Waals surface area contributed by atoms with E-state index in [9.17, 15) is 4.79 Å². The largest absolute Gasteiger partial charge is 0.413 e. The van der Waals surface area contributed by atoms with Gasteiger partial charge in [0.2, 0.25) is 0 Å².